The molecule has 0 aliphatic heterocycles. The summed E-state index contributed by atoms with van der Waals surface area (Å²) in [5, 5.41) is 2.57. The molecule has 0 amide bonds. The fourth-order valence-corrected chi connectivity index (χ4v) is 3.28. The predicted octanol–water partition coefficient (Wildman–Crippen LogP) is 4.50. The van der Waals surface area contributed by atoms with Crippen LogP contribution in [0, 0.1) is 0 Å². The predicted molar refractivity (Wildman–Crippen MR) is 70.0 cm³/mol. The highest BCUT2D eigenvalue weighted by molar-refractivity contribution is 9.10. The number of hydrogen-bond donors (Lipinski definition) is 0. The van der Waals surface area contributed by atoms with Gasteiger partial charge in [-0.05, 0) is 40.2 Å². The standard InChI is InChI=1S/C11H8BrClN2S/c12-7-3-4-16-10(7)8-5-9(13)15-11(14-8)6-1-2-6/h3-6H,1-2H2. The molecular formula is C11H8BrClN2S. The number of nitrogens with zero attached hydrogens (tertiary/aromatic N) is 2. The molecule has 0 radical (unpaired) electrons. The maximum Gasteiger partial charge on any atom is 0.133 e. The van der Waals surface area contributed by atoms with Crippen molar-refractivity contribution in [2.45, 2.75) is 18.8 Å². The maximum atomic E-state index is 6.03. The van der Waals surface area contributed by atoms with Gasteiger partial charge in [0.05, 0.1) is 10.6 Å². The van der Waals surface area contributed by atoms with Gasteiger partial charge in [0, 0.05) is 16.5 Å². The van der Waals surface area contributed by atoms with Crippen molar-refractivity contribution in [1.29, 1.82) is 0 Å². The summed E-state index contributed by atoms with van der Waals surface area (Å²) in [5.41, 5.74) is 0.920. The zero-order valence-corrected chi connectivity index (χ0v) is 11.4. The van der Waals surface area contributed by atoms with Crippen LogP contribution in [-0.2, 0) is 0 Å². The molecule has 0 unspecified atom stereocenters. The van der Waals surface area contributed by atoms with Crippen LogP contribution in [0.1, 0.15) is 24.6 Å². The summed E-state index contributed by atoms with van der Waals surface area (Å²) in [4.78, 5) is 9.98. The molecule has 0 spiro atoms. The van der Waals surface area contributed by atoms with Crippen LogP contribution in [0.4, 0.5) is 0 Å². The lowest BCUT2D eigenvalue weighted by Gasteiger charge is -2.03. The fraction of sp³-hybridized carbons (Fsp3) is 0.273. The van der Waals surface area contributed by atoms with E-state index in [1.165, 1.54) is 12.8 Å². The van der Waals surface area contributed by atoms with Crippen molar-refractivity contribution in [3.05, 3.63) is 33.0 Å². The van der Waals surface area contributed by atoms with Crippen LogP contribution in [-0.4, -0.2) is 9.97 Å². The van der Waals surface area contributed by atoms with Crippen molar-refractivity contribution < 1.29 is 0 Å². The molecule has 82 valence electrons. The molecule has 0 bridgehead atoms. The molecule has 1 aliphatic carbocycles. The number of halogens is 2. The van der Waals surface area contributed by atoms with Crippen molar-refractivity contribution in [3.63, 3.8) is 0 Å². The molecule has 0 atom stereocenters. The van der Waals surface area contributed by atoms with Gasteiger partial charge in [0.15, 0.2) is 0 Å². The van der Waals surface area contributed by atoms with Crippen LogP contribution in [0.5, 0.6) is 0 Å². The van der Waals surface area contributed by atoms with E-state index in [1.54, 1.807) is 11.3 Å². The van der Waals surface area contributed by atoms with Gasteiger partial charge in [-0.15, -0.1) is 11.3 Å². The number of rotatable bonds is 2. The molecular weight excluding hydrogens is 308 g/mol. The summed E-state index contributed by atoms with van der Waals surface area (Å²) in [5.74, 6) is 1.42. The smallest absolute Gasteiger partial charge is 0.133 e. The highest BCUT2D eigenvalue weighted by atomic mass is 79.9. The van der Waals surface area contributed by atoms with E-state index in [0.717, 1.165) is 20.9 Å². The van der Waals surface area contributed by atoms with Gasteiger partial charge < -0.3 is 0 Å². The first-order valence-electron chi connectivity index (χ1n) is 5.02. The second-order valence-electron chi connectivity index (χ2n) is 3.81. The first-order valence-corrected chi connectivity index (χ1v) is 7.07. The van der Waals surface area contributed by atoms with E-state index >= 15 is 0 Å². The molecule has 0 N–H and O–H groups in total. The summed E-state index contributed by atoms with van der Waals surface area (Å²) in [6.07, 6.45) is 2.37. The molecule has 1 fully saturated rings. The van der Waals surface area contributed by atoms with Gasteiger partial charge in [-0.25, -0.2) is 9.97 Å². The average Bonchev–Trinajstić information content (AvgIpc) is 3.01. The highest BCUT2D eigenvalue weighted by Gasteiger charge is 2.27. The van der Waals surface area contributed by atoms with Crippen LogP contribution >= 0.6 is 38.9 Å². The van der Waals surface area contributed by atoms with Crippen LogP contribution in [0.25, 0.3) is 10.6 Å². The van der Waals surface area contributed by atoms with Crippen LogP contribution in [0.15, 0.2) is 22.0 Å². The maximum absolute atomic E-state index is 6.03. The Morgan fingerprint density at radius 1 is 1.38 bits per heavy atom. The molecule has 2 aromatic heterocycles. The van der Waals surface area contributed by atoms with Crippen LogP contribution in [0.2, 0.25) is 5.15 Å². The van der Waals surface area contributed by atoms with Crippen LogP contribution in [0.3, 0.4) is 0 Å². The Hall–Kier alpha value is -0.450. The van der Waals surface area contributed by atoms with Crippen LogP contribution < -0.4 is 0 Å². The van der Waals surface area contributed by atoms with Crippen molar-refractivity contribution in [2.75, 3.05) is 0 Å². The molecule has 2 heterocycles. The van der Waals surface area contributed by atoms with E-state index in [1.807, 2.05) is 17.5 Å². The average molecular weight is 316 g/mol. The lowest BCUT2D eigenvalue weighted by atomic mass is 10.3. The molecule has 0 saturated heterocycles. The third kappa shape index (κ3) is 2.01. The molecule has 0 aromatic carbocycles. The third-order valence-electron chi connectivity index (χ3n) is 2.50. The largest absolute Gasteiger partial charge is 0.232 e. The number of aromatic nitrogens is 2. The van der Waals surface area contributed by atoms with E-state index in [0.29, 0.717) is 11.1 Å². The Kier molecular flexibility index (Phi) is 2.73. The molecule has 16 heavy (non-hydrogen) atoms. The Morgan fingerprint density at radius 2 is 2.19 bits per heavy atom. The van der Waals surface area contributed by atoms with E-state index < -0.39 is 0 Å². The molecule has 5 heteroatoms. The quantitative estimate of drug-likeness (QED) is 0.763. The zero-order chi connectivity index (χ0) is 11.1. The first kappa shape index (κ1) is 10.7. The fourth-order valence-electron chi connectivity index (χ4n) is 1.55. The summed E-state index contributed by atoms with van der Waals surface area (Å²) in [7, 11) is 0. The third-order valence-corrected chi connectivity index (χ3v) is 4.56. The van der Waals surface area contributed by atoms with Crippen molar-refractivity contribution in [1.82, 2.24) is 9.97 Å². The molecule has 2 nitrogen and oxygen atoms in total. The van der Waals surface area contributed by atoms with Crippen molar-refractivity contribution >= 4 is 38.9 Å². The van der Waals surface area contributed by atoms with E-state index in [9.17, 15) is 0 Å². The number of thiophene rings is 1. The Labute approximate surface area is 111 Å². The lowest BCUT2D eigenvalue weighted by Crippen LogP contribution is -1.94. The Bertz CT molecular complexity index is 537. The molecule has 3 rings (SSSR count). The zero-order valence-electron chi connectivity index (χ0n) is 8.28. The van der Waals surface area contributed by atoms with E-state index in [4.69, 9.17) is 11.6 Å². The second-order valence-corrected chi connectivity index (χ2v) is 5.96. The summed E-state index contributed by atoms with van der Waals surface area (Å²) < 4.78 is 1.06. The van der Waals surface area contributed by atoms with Gasteiger partial charge >= 0.3 is 0 Å². The summed E-state index contributed by atoms with van der Waals surface area (Å²) >= 11 is 11.2. The summed E-state index contributed by atoms with van der Waals surface area (Å²) in [6, 6.07) is 3.84. The Balaban J connectivity index is 2.10. The Morgan fingerprint density at radius 3 is 2.81 bits per heavy atom. The topological polar surface area (TPSA) is 25.8 Å². The molecule has 2 aromatic rings. The van der Waals surface area contributed by atoms with E-state index in [-0.39, 0.29) is 0 Å². The minimum absolute atomic E-state index is 0.524. The minimum atomic E-state index is 0.524. The van der Waals surface area contributed by atoms with Gasteiger partial charge in [0.1, 0.15) is 11.0 Å². The lowest BCUT2D eigenvalue weighted by molar-refractivity contribution is 0.932. The normalized spacial score (nSPS) is 15.4. The number of hydrogen-bond acceptors (Lipinski definition) is 3. The molecule has 1 aliphatic rings. The minimum Gasteiger partial charge on any atom is -0.232 e. The highest BCUT2D eigenvalue weighted by Crippen LogP contribution is 2.40. The van der Waals surface area contributed by atoms with Gasteiger partial charge in [-0.2, -0.15) is 0 Å². The van der Waals surface area contributed by atoms with Gasteiger partial charge in [-0.3, -0.25) is 0 Å². The van der Waals surface area contributed by atoms with Gasteiger partial charge in [0.25, 0.3) is 0 Å². The first-order chi connectivity index (χ1) is 7.74. The van der Waals surface area contributed by atoms with Gasteiger partial charge in [0.2, 0.25) is 0 Å². The molecule has 1 saturated carbocycles. The van der Waals surface area contributed by atoms with Crippen molar-refractivity contribution in [3.8, 4) is 10.6 Å². The monoisotopic (exact) mass is 314 g/mol. The van der Waals surface area contributed by atoms with E-state index in [2.05, 4.69) is 25.9 Å². The summed E-state index contributed by atoms with van der Waals surface area (Å²) in [6.45, 7) is 0. The van der Waals surface area contributed by atoms with Crippen molar-refractivity contribution in [2.24, 2.45) is 0 Å². The second kappa shape index (κ2) is 4.09. The SMILES string of the molecule is Clc1cc(-c2sccc2Br)nc(C2CC2)n1. The van der Waals surface area contributed by atoms with Gasteiger partial charge in [-0.1, -0.05) is 11.6 Å².